The van der Waals surface area contributed by atoms with Gasteiger partial charge in [-0.3, -0.25) is 4.90 Å². The Balaban J connectivity index is 1.19. The zero-order chi connectivity index (χ0) is 37.3. The molecule has 0 amide bonds. The van der Waals surface area contributed by atoms with E-state index in [-0.39, 0.29) is 10.8 Å². The monoisotopic (exact) mass is 698 g/mol. The number of ether oxygens (including phenoxy) is 1. The fraction of sp³-hybridized carbons (Fsp3) is 0.229. The molecule has 0 radical (unpaired) electrons. The molecule has 7 rings (SSSR count). The summed E-state index contributed by atoms with van der Waals surface area (Å²) in [7, 11) is 0. The van der Waals surface area contributed by atoms with E-state index in [2.05, 4.69) is 185 Å². The summed E-state index contributed by atoms with van der Waals surface area (Å²) in [5.41, 5.74) is 11.8. The lowest BCUT2D eigenvalue weighted by atomic mass is 9.86. The number of hydrogen-bond acceptors (Lipinski definition) is 5. The van der Waals surface area contributed by atoms with Crippen LogP contribution in [-0.4, -0.2) is 11.7 Å². The smallest absolute Gasteiger partial charge is 0.138 e. The summed E-state index contributed by atoms with van der Waals surface area (Å²) in [5, 5.41) is 0. The van der Waals surface area contributed by atoms with Crippen LogP contribution in [0.5, 0.6) is 11.5 Å². The van der Waals surface area contributed by atoms with Crippen LogP contribution in [0.2, 0.25) is 0 Å². The molecule has 268 valence electrons. The van der Waals surface area contributed by atoms with Crippen LogP contribution in [0.15, 0.2) is 152 Å². The minimum Gasteiger partial charge on any atom is -0.457 e. The molecule has 1 aliphatic rings. The summed E-state index contributed by atoms with van der Waals surface area (Å²) in [5.74, 6) is 2.36. The fourth-order valence-corrected chi connectivity index (χ4v) is 7.11. The lowest BCUT2D eigenvalue weighted by molar-refractivity contribution is 0.483. The van der Waals surface area contributed by atoms with E-state index in [1.54, 1.807) is 0 Å². The molecule has 2 heterocycles. The van der Waals surface area contributed by atoms with Gasteiger partial charge in [0.25, 0.3) is 0 Å². The Labute approximate surface area is 315 Å². The van der Waals surface area contributed by atoms with E-state index in [0.29, 0.717) is 0 Å². The van der Waals surface area contributed by atoms with E-state index in [0.717, 1.165) is 46.6 Å². The third-order valence-electron chi connectivity index (χ3n) is 9.87. The highest BCUT2D eigenvalue weighted by atomic mass is 16.5. The van der Waals surface area contributed by atoms with Gasteiger partial charge in [-0.15, -0.1) is 0 Å². The average molecular weight is 699 g/mol. The first-order valence-electron chi connectivity index (χ1n) is 18.5. The molecular formula is C48H50N4O. The molecule has 5 nitrogen and oxygen atoms in total. The lowest BCUT2D eigenvalue weighted by Gasteiger charge is -2.32. The van der Waals surface area contributed by atoms with Gasteiger partial charge in [-0.1, -0.05) is 102 Å². The first-order chi connectivity index (χ1) is 25.3. The molecule has 6 aromatic rings. The molecule has 0 atom stereocenters. The third kappa shape index (κ3) is 7.71. The van der Waals surface area contributed by atoms with Crippen LogP contribution < -0.4 is 19.4 Å². The van der Waals surface area contributed by atoms with E-state index in [1.165, 1.54) is 33.6 Å². The number of aromatic nitrogens is 1. The summed E-state index contributed by atoms with van der Waals surface area (Å²) in [6.45, 7) is 18.7. The van der Waals surface area contributed by atoms with Gasteiger partial charge in [0.2, 0.25) is 0 Å². The summed E-state index contributed by atoms with van der Waals surface area (Å²) in [6.07, 6.45) is 4.19. The van der Waals surface area contributed by atoms with Gasteiger partial charge < -0.3 is 14.5 Å². The number of anilines is 5. The topological polar surface area (TPSA) is 31.8 Å². The molecular weight excluding hydrogens is 649 g/mol. The Morgan fingerprint density at radius 1 is 0.604 bits per heavy atom. The third-order valence-corrected chi connectivity index (χ3v) is 9.87. The van der Waals surface area contributed by atoms with Crippen molar-refractivity contribution in [3.8, 4) is 22.6 Å². The second-order valence-electron chi connectivity index (χ2n) is 16.0. The van der Waals surface area contributed by atoms with Crippen LogP contribution in [-0.2, 0) is 5.41 Å². The van der Waals surface area contributed by atoms with Crippen molar-refractivity contribution < 1.29 is 4.74 Å². The van der Waals surface area contributed by atoms with Gasteiger partial charge in [-0.05, 0) is 108 Å². The van der Waals surface area contributed by atoms with E-state index in [9.17, 15) is 0 Å². The molecule has 1 aliphatic heterocycles. The summed E-state index contributed by atoms with van der Waals surface area (Å²) in [6, 6.07) is 46.7. The van der Waals surface area contributed by atoms with Crippen molar-refractivity contribution in [2.75, 3.05) is 21.4 Å². The van der Waals surface area contributed by atoms with Crippen LogP contribution in [0.3, 0.4) is 0 Å². The minimum atomic E-state index is -0.0429. The highest BCUT2D eigenvalue weighted by Crippen LogP contribution is 2.41. The van der Waals surface area contributed by atoms with E-state index >= 15 is 0 Å². The number of para-hydroxylation sites is 1. The van der Waals surface area contributed by atoms with Gasteiger partial charge in [-0.25, -0.2) is 4.98 Å². The van der Waals surface area contributed by atoms with Crippen LogP contribution in [0.1, 0.15) is 58.2 Å². The Morgan fingerprint density at radius 3 is 1.96 bits per heavy atom. The summed E-state index contributed by atoms with van der Waals surface area (Å²) < 4.78 is 6.62. The van der Waals surface area contributed by atoms with Crippen LogP contribution in [0, 0.1) is 19.3 Å². The van der Waals surface area contributed by atoms with Crippen molar-refractivity contribution in [1.82, 2.24) is 4.98 Å². The van der Waals surface area contributed by atoms with Gasteiger partial charge >= 0.3 is 0 Å². The van der Waals surface area contributed by atoms with Crippen LogP contribution in [0.4, 0.5) is 28.6 Å². The number of pyridine rings is 1. The van der Waals surface area contributed by atoms with Gasteiger partial charge in [0, 0.05) is 52.7 Å². The van der Waals surface area contributed by atoms with Gasteiger partial charge in [0.05, 0.1) is 12.4 Å². The summed E-state index contributed by atoms with van der Waals surface area (Å²) >= 11 is 0. The molecule has 53 heavy (non-hydrogen) atoms. The number of allylic oxidation sites excluding steroid dienone is 1. The molecule has 0 saturated carbocycles. The van der Waals surface area contributed by atoms with Crippen LogP contribution >= 0.6 is 0 Å². The summed E-state index contributed by atoms with van der Waals surface area (Å²) in [4.78, 5) is 11.8. The van der Waals surface area contributed by atoms with Gasteiger partial charge in [-0.2, -0.15) is 0 Å². The predicted molar refractivity (Wildman–Crippen MR) is 223 cm³/mol. The van der Waals surface area contributed by atoms with E-state index < -0.39 is 0 Å². The Kier molecular flexibility index (Phi) is 9.61. The highest BCUT2D eigenvalue weighted by molar-refractivity contribution is 5.79. The fourth-order valence-electron chi connectivity index (χ4n) is 7.11. The Bertz CT molecular complexity index is 2240. The largest absolute Gasteiger partial charge is 0.457 e. The second-order valence-corrected chi connectivity index (χ2v) is 16.0. The zero-order valence-corrected chi connectivity index (χ0v) is 32.3. The molecule has 0 unspecified atom stereocenters. The Morgan fingerprint density at radius 2 is 1.25 bits per heavy atom. The van der Waals surface area contributed by atoms with Crippen LogP contribution in [0.25, 0.3) is 11.1 Å². The normalized spacial score (nSPS) is 13.2. The molecule has 0 aliphatic carbocycles. The number of nitrogens with zero attached hydrogens (tertiary/aromatic N) is 4. The number of benzene rings is 5. The first kappa shape index (κ1) is 35.6. The number of hydrogen-bond donors (Lipinski definition) is 0. The van der Waals surface area contributed by atoms with E-state index in [1.807, 2.05) is 30.5 Å². The number of aryl methyl sites for hydroxylation is 2. The molecule has 1 aromatic heterocycles. The molecule has 5 heteroatoms. The van der Waals surface area contributed by atoms with Gasteiger partial charge in [0.1, 0.15) is 17.3 Å². The van der Waals surface area contributed by atoms with Crippen molar-refractivity contribution in [2.45, 2.75) is 60.8 Å². The van der Waals surface area contributed by atoms with Crippen molar-refractivity contribution in [1.29, 1.82) is 0 Å². The second kappa shape index (κ2) is 14.3. The van der Waals surface area contributed by atoms with Crippen molar-refractivity contribution >= 4 is 28.6 Å². The van der Waals surface area contributed by atoms with Gasteiger partial charge in [0.15, 0.2) is 0 Å². The first-order valence-corrected chi connectivity index (χ1v) is 18.5. The lowest BCUT2D eigenvalue weighted by Crippen LogP contribution is -2.30. The Hall–Kier alpha value is -5.81. The quantitative estimate of drug-likeness (QED) is 0.158. The van der Waals surface area contributed by atoms with Crippen molar-refractivity contribution in [2.24, 2.45) is 5.41 Å². The van der Waals surface area contributed by atoms with Crippen molar-refractivity contribution in [3.05, 3.63) is 168 Å². The maximum absolute atomic E-state index is 6.62. The standard InChI is InChI=1S/C48H50N4O/c1-34-16-12-17-35(2)46(34)36-26-27-49-45(28-36)52(38-19-10-9-11-20-38)41-23-15-25-43(31-41)53-42-24-14-21-39(30-42)50-32-44(48(6,7)8)51(33-50)40-22-13-18-37(29-40)47(3,4)5/h9-32H,33H2,1-8H3. The molecule has 0 saturated heterocycles. The molecule has 0 spiro atoms. The highest BCUT2D eigenvalue weighted by Gasteiger charge is 2.32. The minimum absolute atomic E-state index is 0.0429. The molecule has 0 bridgehead atoms. The van der Waals surface area contributed by atoms with E-state index in [4.69, 9.17) is 9.72 Å². The van der Waals surface area contributed by atoms with Crippen molar-refractivity contribution in [3.63, 3.8) is 0 Å². The zero-order valence-electron chi connectivity index (χ0n) is 32.3. The molecule has 0 fully saturated rings. The maximum atomic E-state index is 6.62. The SMILES string of the molecule is Cc1cccc(C)c1-c1ccnc(N(c2ccccc2)c2cccc(Oc3cccc(N4C=C(C(C)(C)C)N(c5cccc(C(C)(C)C)c5)C4)c3)c2)c1. The maximum Gasteiger partial charge on any atom is 0.138 e. The average Bonchev–Trinajstić information content (AvgIpc) is 3.60. The number of rotatable bonds is 8. The predicted octanol–water partition coefficient (Wildman–Crippen LogP) is 13.1. The molecule has 5 aromatic carbocycles. The molecule has 0 N–H and O–H groups in total.